The fourth-order valence-corrected chi connectivity index (χ4v) is 2.42. The van der Waals surface area contributed by atoms with E-state index in [-0.39, 0.29) is 24.7 Å². The summed E-state index contributed by atoms with van der Waals surface area (Å²) in [5.41, 5.74) is 13.2. The molecule has 0 saturated carbocycles. The third-order valence-corrected chi connectivity index (χ3v) is 3.89. The lowest BCUT2D eigenvalue weighted by molar-refractivity contribution is -0.124. The van der Waals surface area contributed by atoms with Crippen molar-refractivity contribution in [3.63, 3.8) is 0 Å². The zero-order chi connectivity index (χ0) is 19.1. The number of aryl methyl sites for hydroxylation is 2. The predicted molar refractivity (Wildman–Crippen MR) is 105 cm³/mol. The Bertz CT molecular complexity index is 843. The number of nitrogens with one attached hydrogen (secondary N) is 2. The summed E-state index contributed by atoms with van der Waals surface area (Å²) in [5, 5.41) is 6.87. The number of rotatable bonds is 6. The van der Waals surface area contributed by atoms with Gasteiger partial charge in [0.1, 0.15) is 0 Å². The van der Waals surface area contributed by atoms with Gasteiger partial charge in [-0.1, -0.05) is 29.8 Å². The highest BCUT2D eigenvalue weighted by molar-refractivity contribution is 6.00. The van der Waals surface area contributed by atoms with Crippen LogP contribution in [0.15, 0.2) is 47.6 Å². The van der Waals surface area contributed by atoms with Gasteiger partial charge in [-0.2, -0.15) is 5.10 Å². The van der Waals surface area contributed by atoms with Crippen LogP contribution in [0.1, 0.15) is 36.5 Å². The second-order valence-electron chi connectivity index (χ2n) is 6.22. The number of amides is 2. The molecule has 26 heavy (non-hydrogen) atoms. The van der Waals surface area contributed by atoms with Crippen molar-refractivity contribution in [1.82, 2.24) is 5.43 Å². The minimum Gasteiger partial charge on any atom is -0.399 e. The van der Waals surface area contributed by atoms with Crippen LogP contribution in [-0.4, -0.2) is 17.5 Å². The fourth-order valence-electron chi connectivity index (χ4n) is 2.42. The van der Waals surface area contributed by atoms with Crippen LogP contribution in [0.4, 0.5) is 11.4 Å². The van der Waals surface area contributed by atoms with E-state index in [4.69, 9.17) is 5.73 Å². The van der Waals surface area contributed by atoms with Gasteiger partial charge in [-0.3, -0.25) is 9.59 Å². The Kier molecular flexibility index (Phi) is 6.49. The average molecular weight is 352 g/mol. The largest absolute Gasteiger partial charge is 0.399 e. The molecule has 0 aliphatic heterocycles. The molecule has 0 spiro atoms. The molecule has 0 saturated heterocycles. The lowest BCUT2D eigenvalue weighted by atomic mass is 10.1. The molecule has 6 heteroatoms. The zero-order valence-corrected chi connectivity index (χ0v) is 15.3. The minimum atomic E-state index is -0.316. The molecule has 2 aromatic carbocycles. The first-order chi connectivity index (χ1) is 12.3. The van der Waals surface area contributed by atoms with Gasteiger partial charge in [-0.25, -0.2) is 5.43 Å². The summed E-state index contributed by atoms with van der Waals surface area (Å²) < 4.78 is 0. The lowest BCUT2D eigenvalue weighted by Crippen LogP contribution is -2.22. The minimum absolute atomic E-state index is 0.0600. The second kappa shape index (κ2) is 8.80. The highest BCUT2D eigenvalue weighted by Crippen LogP contribution is 2.16. The quantitative estimate of drug-likeness (QED) is 0.423. The number of nitrogens with two attached hydrogens (primary N) is 1. The van der Waals surface area contributed by atoms with E-state index in [2.05, 4.69) is 15.8 Å². The molecule has 0 aliphatic carbocycles. The first-order valence-electron chi connectivity index (χ1n) is 8.41. The summed E-state index contributed by atoms with van der Waals surface area (Å²) in [7, 11) is 0. The van der Waals surface area contributed by atoms with Gasteiger partial charge < -0.3 is 11.1 Å². The highest BCUT2D eigenvalue weighted by Gasteiger charge is 2.08. The smallest absolute Gasteiger partial charge is 0.240 e. The highest BCUT2D eigenvalue weighted by atomic mass is 16.2. The van der Waals surface area contributed by atoms with Crippen molar-refractivity contribution >= 4 is 28.9 Å². The van der Waals surface area contributed by atoms with E-state index in [1.807, 2.05) is 44.2 Å². The molecular formula is C20H24N4O2. The molecule has 0 atom stereocenters. The molecule has 2 amide bonds. The SMILES string of the molecule is C/C(=N/NC(=O)CCC(=O)Nc1ccc(C)cc1C)c1cccc(N)c1. The van der Waals surface area contributed by atoms with E-state index in [1.165, 1.54) is 0 Å². The number of carbonyl (C=O) groups is 2. The molecule has 6 nitrogen and oxygen atoms in total. The standard InChI is InChI=1S/C20H24N4O2/c1-13-7-8-18(14(2)11-13)22-19(25)9-10-20(26)24-23-15(3)16-5-4-6-17(21)12-16/h4-8,11-12H,9-10,21H2,1-3H3,(H,22,25)(H,24,26)/b23-15-. The number of benzene rings is 2. The number of hydrogen-bond acceptors (Lipinski definition) is 4. The molecule has 2 aromatic rings. The number of carbonyl (C=O) groups excluding carboxylic acids is 2. The van der Waals surface area contributed by atoms with Crippen LogP contribution in [0.5, 0.6) is 0 Å². The van der Waals surface area contributed by atoms with Crippen molar-refractivity contribution in [2.24, 2.45) is 5.10 Å². The van der Waals surface area contributed by atoms with Crippen LogP contribution in [0.25, 0.3) is 0 Å². The van der Waals surface area contributed by atoms with E-state index < -0.39 is 0 Å². The second-order valence-corrected chi connectivity index (χ2v) is 6.22. The zero-order valence-electron chi connectivity index (χ0n) is 15.3. The summed E-state index contributed by atoms with van der Waals surface area (Å²) in [4.78, 5) is 23.9. The van der Waals surface area contributed by atoms with Crippen LogP contribution < -0.4 is 16.5 Å². The predicted octanol–water partition coefficient (Wildman–Crippen LogP) is 3.14. The van der Waals surface area contributed by atoms with Crippen LogP contribution in [0, 0.1) is 13.8 Å². The number of hydrogen-bond donors (Lipinski definition) is 3. The molecule has 4 N–H and O–H groups in total. The Labute approximate surface area is 153 Å². The normalized spacial score (nSPS) is 11.1. The van der Waals surface area contributed by atoms with Gasteiger partial charge in [0.25, 0.3) is 0 Å². The van der Waals surface area contributed by atoms with Gasteiger partial charge in [0.05, 0.1) is 5.71 Å². The Morgan fingerprint density at radius 2 is 1.77 bits per heavy atom. The molecular weight excluding hydrogens is 328 g/mol. The molecule has 0 aliphatic rings. The van der Waals surface area contributed by atoms with Gasteiger partial charge in [-0.15, -0.1) is 0 Å². The number of anilines is 2. The van der Waals surface area contributed by atoms with Gasteiger partial charge in [0.15, 0.2) is 0 Å². The monoisotopic (exact) mass is 352 g/mol. The van der Waals surface area contributed by atoms with Gasteiger partial charge in [0, 0.05) is 24.2 Å². The van der Waals surface area contributed by atoms with Crippen molar-refractivity contribution in [1.29, 1.82) is 0 Å². The summed E-state index contributed by atoms with van der Waals surface area (Å²) in [6, 6.07) is 13.0. The van der Waals surface area contributed by atoms with E-state index >= 15 is 0 Å². The van der Waals surface area contributed by atoms with Crippen LogP contribution >= 0.6 is 0 Å². The van der Waals surface area contributed by atoms with Crippen molar-refractivity contribution in [3.8, 4) is 0 Å². The Hall–Kier alpha value is -3.15. The average Bonchev–Trinajstić information content (AvgIpc) is 2.60. The maximum absolute atomic E-state index is 12.0. The molecule has 2 rings (SSSR count). The maximum Gasteiger partial charge on any atom is 0.240 e. The Morgan fingerprint density at radius 1 is 1.04 bits per heavy atom. The van der Waals surface area contributed by atoms with Gasteiger partial charge >= 0.3 is 0 Å². The van der Waals surface area contributed by atoms with Crippen LogP contribution in [0.2, 0.25) is 0 Å². The first-order valence-corrected chi connectivity index (χ1v) is 8.41. The van der Waals surface area contributed by atoms with Crippen molar-refractivity contribution in [2.75, 3.05) is 11.1 Å². The third-order valence-electron chi connectivity index (χ3n) is 3.89. The molecule has 0 unspecified atom stereocenters. The molecule has 0 bridgehead atoms. The van der Waals surface area contributed by atoms with E-state index in [0.29, 0.717) is 11.4 Å². The third kappa shape index (κ3) is 5.73. The number of hydrazone groups is 1. The van der Waals surface area contributed by atoms with Crippen molar-refractivity contribution < 1.29 is 9.59 Å². The van der Waals surface area contributed by atoms with Crippen LogP contribution in [-0.2, 0) is 9.59 Å². The molecule has 0 fully saturated rings. The lowest BCUT2D eigenvalue weighted by Gasteiger charge is -2.09. The van der Waals surface area contributed by atoms with E-state index in [0.717, 1.165) is 22.4 Å². The van der Waals surface area contributed by atoms with Crippen LogP contribution in [0.3, 0.4) is 0 Å². The Morgan fingerprint density at radius 3 is 2.46 bits per heavy atom. The Balaban J connectivity index is 1.82. The van der Waals surface area contributed by atoms with Gasteiger partial charge in [0.2, 0.25) is 11.8 Å². The first kappa shape index (κ1) is 19.2. The van der Waals surface area contributed by atoms with E-state index in [9.17, 15) is 9.59 Å². The number of nitrogen functional groups attached to an aromatic ring is 1. The van der Waals surface area contributed by atoms with Crippen molar-refractivity contribution in [2.45, 2.75) is 33.6 Å². The fraction of sp³-hybridized carbons (Fsp3) is 0.250. The van der Waals surface area contributed by atoms with Crippen molar-refractivity contribution in [3.05, 3.63) is 59.2 Å². The summed E-state index contributed by atoms with van der Waals surface area (Å²) in [6.07, 6.45) is 0.149. The van der Waals surface area contributed by atoms with E-state index in [1.54, 1.807) is 19.1 Å². The maximum atomic E-state index is 12.0. The number of nitrogens with zero attached hydrogens (tertiary/aromatic N) is 1. The topological polar surface area (TPSA) is 96.6 Å². The molecule has 0 aromatic heterocycles. The summed E-state index contributed by atoms with van der Waals surface area (Å²) in [6.45, 7) is 5.71. The summed E-state index contributed by atoms with van der Waals surface area (Å²) in [5.74, 6) is -0.521. The molecule has 136 valence electrons. The molecule has 0 heterocycles. The summed E-state index contributed by atoms with van der Waals surface area (Å²) >= 11 is 0. The van der Waals surface area contributed by atoms with Gasteiger partial charge in [-0.05, 0) is 50.1 Å². The molecule has 0 radical (unpaired) electrons.